The van der Waals surface area contributed by atoms with Gasteiger partial charge in [0.1, 0.15) is 21.9 Å². The first-order valence-electron chi connectivity index (χ1n) is 7.52. The fourth-order valence-corrected chi connectivity index (χ4v) is 3.83. The summed E-state index contributed by atoms with van der Waals surface area (Å²) in [5, 5.41) is 9.45. The Bertz CT molecular complexity index is 745. The first-order chi connectivity index (χ1) is 11.8. The Kier molecular flexibility index (Phi) is 6.07. The number of thiocarbonyl (C=S) groups is 1. The minimum absolute atomic E-state index is 0.235. The van der Waals surface area contributed by atoms with Gasteiger partial charge >= 0.3 is 5.97 Å². The second-order valence-corrected chi connectivity index (χ2v) is 7.36. The second-order valence-electron chi connectivity index (χ2n) is 5.69. The summed E-state index contributed by atoms with van der Waals surface area (Å²) >= 11 is 6.33. The van der Waals surface area contributed by atoms with Crippen LogP contribution in [0.2, 0.25) is 0 Å². The zero-order valence-corrected chi connectivity index (χ0v) is 15.9. The average Bonchev–Trinajstić information content (AvgIpc) is 2.82. The molecule has 2 rings (SSSR count). The Labute approximate surface area is 155 Å². The maximum Gasteiger partial charge on any atom is 0.327 e. The predicted molar refractivity (Wildman–Crippen MR) is 101 cm³/mol. The number of amides is 1. The van der Waals surface area contributed by atoms with Crippen molar-refractivity contribution in [3.8, 4) is 11.5 Å². The number of ether oxygens (including phenoxy) is 2. The molecule has 134 valence electrons. The van der Waals surface area contributed by atoms with Gasteiger partial charge in [0.25, 0.3) is 5.91 Å². The Morgan fingerprint density at radius 1 is 1.32 bits per heavy atom. The molecule has 1 atom stereocenters. The van der Waals surface area contributed by atoms with E-state index in [2.05, 4.69) is 0 Å². The minimum Gasteiger partial charge on any atom is -0.497 e. The van der Waals surface area contributed by atoms with Crippen LogP contribution in [0.4, 0.5) is 0 Å². The minimum atomic E-state index is -1.08. The number of carbonyl (C=O) groups is 2. The SMILES string of the molecule is COc1ccc(OC)c(C=C2SC(=S)N([C@@H](C(=O)O)C(C)C)C2=O)c1. The van der Waals surface area contributed by atoms with Crippen molar-refractivity contribution in [2.24, 2.45) is 5.92 Å². The molecule has 1 N–H and O–H groups in total. The number of hydrogen-bond acceptors (Lipinski definition) is 6. The van der Waals surface area contributed by atoms with Crippen LogP contribution in [-0.4, -0.2) is 46.5 Å². The fourth-order valence-electron chi connectivity index (χ4n) is 2.51. The van der Waals surface area contributed by atoms with E-state index in [1.165, 1.54) is 12.0 Å². The van der Waals surface area contributed by atoms with Crippen LogP contribution in [0.3, 0.4) is 0 Å². The molecule has 0 aromatic heterocycles. The average molecular weight is 381 g/mol. The van der Waals surface area contributed by atoms with E-state index in [-0.39, 0.29) is 10.2 Å². The largest absolute Gasteiger partial charge is 0.497 e. The highest BCUT2D eigenvalue weighted by Gasteiger charge is 2.41. The van der Waals surface area contributed by atoms with Gasteiger partial charge < -0.3 is 14.6 Å². The number of hydrogen-bond donors (Lipinski definition) is 1. The second kappa shape index (κ2) is 7.88. The fraction of sp³-hybridized carbons (Fsp3) is 0.353. The Morgan fingerprint density at radius 3 is 2.52 bits per heavy atom. The maximum atomic E-state index is 12.7. The van der Waals surface area contributed by atoms with Crippen molar-refractivity contribution in [1.82, 2.24) is 4.90 Å². The number of carboxylic acids is 1. The van der Waals surface area contributed by atoms with E-state index >= 15 is 0 Å². The molecule has 1 fully saturated rings. The van der Waals surface area contributed by atoms with Crippen LogP contribution in [0.25, 0.3) is 6.08 Å². The first kappa shape index (κ1) is 19.3. The van der Waals surface area contributed by atoms with E-state index in [0.29, 0.717) is 22.0 Å². The van der Waals surface area contributed by atoms with Gasteiger partial charge in [0, 0.05) is 5.56 Å². The summed E-state index contributed by atoms with van der Waals surface area (Å²) in [4.78, 5) is 25.8. The molecular weight excluding hydrogens is 362 g/mol. The summed E-state index contributed by atoms with van der Waals surface area (Å²) in [5.74, 6) is -0.573. The molecule has 0 aliphatic carbocycles. The van der Waals surface area contributed by atoms with E-state index in [1.54, 1.807) is 45.2 Å². The van der Waals surface area contributed by atoms with Crippen LogP contribution in [-0.2, 0) is 9.59 Å². The van der Waals surface area contributed by atoms with Crippen molar-refractivity contribution in [3.05, 3.63) is 28.7 Å². The van der Waals surface area contributed by atoms with Crippen molar-refractivity contribution in [2.75, 3.05) is 14.2 Å². The highest BCUT2D eigenvalue weighted by atomic mass is 32.2. The van der Waals surface area contributed by atoms with Gasteiger partial charge in [-0.1, -0.05) is 37.8 Å². The van der Waals surface area contributed by atoms with Crippen molar-refractivity contribution < 1.29 is 24.2 Å². The van der Waals surface area contributed by atoms with E-state index < -0.39 is 17.9 Å². The number of nitrogens with zero attached hydrogens (tertiary/aromatic N) is 1. The van der Waals surface area contributed by atoms with E-state index in [4.69, 9.17) is 21.7 Å². The Balaban J connectivity index is 2.42. The van der Waals surface area contributed by atoms with Crippen LogP contribution in [0.15, 0.2) is 23.1 Å². The molecule has 1 aromatic carbocycles. The molecule has 1 heterocycles. The van der Waals surface area contributed by atoms with Crippen LogP contribution in [0.1, 0.15) is 19.4 Å². The van der Waals surface area contributed by atoms with Crippen LogP contribution >= 0.6 is 24.0 Å². The van der Waals surface area contributed by atoms with Gasteiger partial charge in [0.05, 0.1) is 19.1 Å². The van der Waals surface area contributed by atoms with Crippen LogP contribution in [0.5, 0.6) is 11.5 Å². The Morgan fingerprint density at radius 2 is 2.00 bits per heavy atom. The van der Waals surface area contributed by atoms with Gasteiger partial charge in [0.2, 0.25) is 0 Å². The lowest BCUT2D eigenvalue weighted by Crippen LogP contribution is -2.47. The number of thioether (sulfide) groups is 1. The van der Waals surface area contributed by atoms with Crippen molar-refractivity contribution in [3.63, 3.8) is 0 Å². The molecule has 0 bridgehead atoms. The third-order valence-electron chi connectivity index (χ3n) is 3.71. The number of benzene rings is 1. The summed E-state index contributed by atoms with van der Waals surface area (Å²) in [6.45, 7) is 3.48. The van der Waals surface area contributed by atoms with Gasteiger partial charge in [-0.2, -0.15) is 0 Å². The van der Waals surface area contributed by atoms with E-state index in [0.717, 1.165) is 11.8 Å². The molecule has 1 aromatic rings. The number of rotatable bonds is 6. The summed E-state index contributed by atoms with van der Waals surface area (Å²) < 4.78 is 10.7. The summed E-state index contributed by atoms with van der Waals surface area (Å²) in [6.07, 6.45) is 1.64. The van der Waals surface area contributed by atoms with E-state index in [1.807, 2.05) is 0 Å². The molecule has 0 saturated carbocycles. The number of aliphatic carboxylic acids is 1. The molecule has 1 amide bonds. The van der Waals surface area contributed by atoms with Crippen molar-refractivity contribution in [2.45, 2.75) is 19.9 Å². The molecule has 8 heteroatoms. The third-order valence-corrected chi connectivity index (χ3v) is 5.04. The maximum absolute atomic E-state index is 12.7. The number of carboxylic acid groups (broad SMARTS) is 1. The zero-order chi connectivity index (χ0) is 18.7. The predicted octanol–water partition coefficient (Wildman–Crippen LogP) is 3.01. The highest BCUT2D eigenvalue weighted by Crippen LogP contribution is 2.37. The van der Waals surface area contributed by atoms with E-state index in [9.17, 15) is 14.7 Å². The van der Waals surface area contributed by atoms with Crippen LogP contribution < -0.4 is 9.47 Å². The number of carbonyl (C=O) groups excluding carboxylic acids is 1. The molecule has 0 radical (unpaired) electrons. The van der Waals surface area contributed by atoms with Gasteiger partial charge in [0.15, 0.2) is 0 Å². The normalized spacial score (nSPS) is 17.3. The first-order valence-corrected chi connectivity index (χ1v) is 8.74. The zero-order valence-electron chi connectivity index (χ0n) is 14.3. The van der Waals surface area contributed by atoms with Gasteiger partial charge in [-0.05, 0) is 30.2 Å². The monoisotopic (exact) mass is 381 g/mol. The lowest BCUT2D eigenvalue weighted by atomic mass is 10.0. The van der Waals surface area contributed by atoms with Gasteiger partial charge in [-0.3, -0.25) is 9.69 Å². The molecule has 0 unspecified atom stereocenters. The summed E-state index contributed by atoms with van der Waals surface area (Å²) in [7, 11) is 3.08. The molecule has 1 aliphatic rings. The molecule has 25 heavy (non-hydrogen) atoms. The molecule has 1 aliphatic heterocycles. The van der Waals surface area contributed by atoms with Crippen LogP contribution in [0, 0.1) is 5.92 Å². The third kappa shape index (κ3) is 3.96. The Hall–Kier alpha value is -2.06. The van der Waals surface area contributed by atoms with Gasteiger partial charge in [-0.15, -0.1) is 0 Å². The number of methoxy groups -OCH3 is 2. The smallest absolute Gasteiger partial charge is 0.327 e. The standard InChI is InChI=1S/C17H19NO5S2/c1-9(2)14(16(20)21)18-15(19)13(25-17(18)24)8-10-7-11(22-3)5-6-12(10)23-4/h5-9,14H,1-4H3,(H,20,21)/t14-/m1/s1. The molecule has 1 saturated heterocycles. The lowest BCUT2D eigenvalue weighted by molar-refractivity contribution is -0.146. The lowest BCUT2D eigenvalue weighted by Gasteiger charge is -2.26. The van der Waals surface area contributed by atoms with Gasteiger partial charge in [-0.25, -0.2) is 4.79 Å². The quantitative estimate of drug-likeness (QED) is 0.599. The molecule has 0 spiro atoms. The highest BCUT2D eigenvalue weighted by molar-refractivity contribution is 8.26. The molecular formula is C17H19NO5S2. The van der Waals surface area contributed by atoms with Crippen molar-refractivity contribution in [1.29, 1.82) is 0 Å². The summed E-state index contributed by atoms with van der Waals surface area (Å²) in [6, 6.07) is 4.23. The van der Waals surface area contributed by atoms with Crippen molar-refractivity contribution >= 4 is 46.3 Å². The topological polar surface area (TPSA) is 76.1 Å². The molecule has 6 nitrogen and oxygen atoms in total. The summed E-state index contributed by atoms with van der Waals surface area (Å²) in [5.41, 5.74) is 0.652.